The van der Waals surface area contributed by atoms with Gasteiger partial charge >= 0.3 is 0 Å². The number of benzene rings is 1. The van der Waals surface area contributed by atoms with Crippen molar-refractivity contribution in [3.05, 3.63) is 53.7 Å². The highest BCUT2D eigenvalue weighted by Crippen LogP contribution is 2.30. The molecule has 4 rings (SSSR count). The lowest BCUT2D eigenvalue weighted by Crippen LogP contribution is -2.40. The van der Waals surface area contributed by atoms with Crippen LogP contribution in [0.25, 0.3) is 0 Å². The first-order valence-corrected chi connectivity index (χ1v) is 12.5. The molecule has 2 saturated heterocycles. The molecule has 0 unspecified atom stereocenters. The highest BCUT2D eigenvalue weighted by Gasteiger charge is 2.29. The van der Waals surface area contributed by atoms with E-state index in [1.54, 1.807) is 24.3 Å². The van der Waals surface area contributed by atoms with Crippen molar-refractivity contribution in [3.63, 3.8) is 0 Å². The third kappa shape index (κ3) is 4.69. The maximum absolute atomic E-state index is 13.3. The van der Waals surface area contributed by atoms with Crippen molar-refractivity contribution in [2.75, 3.05) is 48.7 Å². The molecule has 0 spiro atoms. The smallest absolute Gasteiger partial charge is 0.253 e. The highest BCUT2D eigenvalue weighted by atomic mass is 32.2. The van der Waals surface area contributed by atoms with Crippen LogP contribution in [0.4, 0.5) is 11.5 Å². The van der Waals surface area contributed by atoms with Crippen LogP contribution >= 0.6 is 0 Å². The van der Waals surface area contributed by atoms with Gasteiger partial charge in [0, 0.05) is 51.4 Å². The normalized spacial score (nSPS) is 21.0. The first-order valence-electron chi connectivity index (χ1n) is 10.9. The number of nitrogens with zero attached hydrogens (tertiary/aromatic N) is 4. The SMILES string of the molecule is CN(C)c1cc([C@H]2CCCN(C(=O)c3cccc(N4CCCCS4(=O)=O)c3)C2)ccn1. The zero-order valence-corrected chi connectivity index (χ0v) is 19.0. The standard InChI is InChI=1S/C23H30N4O3S/c1-25(2)22-16-18(10-11-24-22)20-8-6-12-26(17-20)23(28)19-7-5-9-21(15-19)27-13-3-4-14-31(27,29)30/h5,7,9-11,15-16,20H,3-4,6,8,12-14,17H2,1-2H3/t20-/m0/s1. The predicted molar refractivity (Wildman–Crippen MR) is 123 cm³/mol. The number of sulfonamides is 1. The number of likely N-dealkylation sites (tertiary alicyclic amines) is 1. The molecule has 1 atom stereocenters. The summed E-state index contributed by atoms with van der Waals surface area (Å²) in [6, 6.07) is 11.2. The minimum Gasteiger partial charge on any atom is -0.363 e. The van der Waals surface area contributed by atoms with Gasteiger partial charge in [0.05, 0.1) is 11.4 Å². The second kappa shape index (κ2) is 8.86. The molecule has 7 nitrogen and oxygen atoms in total. The van der Waals surface area contributed by atoms with Gasteiger partial charge < -0.3 is 9.80 Å². The molecule has 3 heterocycles. The Labute approximate surface area is 184 Å². The maximum Gasteiger partial charge on any atom is 0.253 e. The molecule has 1 aromatic heterocycles. The number of pyridine rings is 1. The van der Waals surface area contributed by atoms with Crippen molar-refractivity contribution >= 4 is 27.4 Å². The molecule has 2 aliphatic rings. The maximum atomic E-state index is 13.3. The van der Waals surface area contributed by atoms with Gasteiger partial charge in [-0.3, -0.25) is 9.10 Å². The van der Waals surface area contributed by atoms with Gasteiger partial charge in [-0.1, -0.05) is 6.07 Å². The summed E-state index contributed by atoms with van der Waals surface area (Å²) in [4.78, 5) is 21.6. The summed E-state index contributed by atoms with van der Waals surface area (Å²) >= 11 is 0. The Kier molecular flexibility index (Phi) is 6.18. The Balaban J connectivity index is 1.52. The van der Waals surface area contributed by atoms with E-state index in [0.717, 1.165) is 25.1 Å². The van der Waals surface area contributed by atoms with Gasteiger partial charge in [0.15, 0.2) is 0 Å². The van der Waals surface area contributed by atoms with Crippen LogP contribution in [0.2, 0.25) is 0 Å². The molecule has 0 saturated carbocycles. The topological polar surface area (TPSA) is 73.8 Å². The summed E-state index contributed by atoms with van der Waals surface area (Å²) in [6.07, 6.45) is 5.33. The lowest BCUT2D eigenvalue weighted by molar-refractivity contribution is 0.0707. The van der Waals surface area contributed by atoms with Crippen molar-refractivity contribution in [1.82, 2.24) is 9.88 Å². The monoisotopic (exact) mass is 442 g/mol. The van der Waals surface area contributed by atoms with Gasteiger partial charge in [-0.25, -0.2) is 13.4 Å². The van der Waals surface area contributed by atoms with Crippen LogP contribution in [-0.2, 0) is 10.0 Å². The molecule has 1 aromatic carbocycles. The molecule has 2 fully saturated rings. The highest BCUT2D eigenvalue weighted by molar-refractivity contribution is 7.92. The molecule has 0 radical (unpaired) electrons. The zero-order valence-electron chi connectivity index (χ0n) is 18.2. The number of piperidine rings is 1. The summed E-state index contributed by atoms with van der Waals surface area (Å²) in [5, 5.41) is 0. The van der Waals surface area contributed by atoms with Crippen molar-refractivity contribution in [2.45, 2.75) is 31.6 Å². The quantitative estimate of drug-likeness (QED) is 0.728. The Morgan fingerprint density at radius 3 is 2.71 bits per heavy atom. The van der Waals surface area contributed by atoms with Crippen LogP contribution in [0, 0.1) is 0 Å². The third-order valence-corrected chi connectivity index (χ3v) is 8.01. The second-order valence-electron chi connectivity index (χ2n) is 8.58. The molecule has 0 aliphatic carbocycles. The van der Waals surface area contributed by atoms with E-state index in [9.17, 15) is 13.2 Å². The van der Waals surface area contributed by atoms with E-state index in [1.807, 2.05) is 36.2 Å². The van der Waals surface area contributed by atoms with Crippen LogP contribution in [0.3, 0.4) is 0 Å². The number of carbonyl (C=O) groups excluding carboxylic acids is 1. The number of hydrogen-bond donors (Lipinski definition) is 0. The third-order valence-electron chi connectivity index (χ3n) is 6.14. The molecule has 31 heavy (non-hydrogen) atoms. The van der Waals surface area contributed by atoms with E-state index in [-0.39, 0.29) is 17.6 Å². The molecular formula is C23H30N4O3S. The number of carbonyl (C=O) groups is 1. The second-order valence-corrected chi connectivity index (χ2v) is 10.6. The van der Waals surface area contributed by atoms with E-state index in [2.05, 4.69) is 11.1 Å². The largest absolute Gasteiger partial charge is 0.363 e. The van der Waals surface area contributed by atoms with Crippen LogP contribution in [0.5, 0.6) is 0 Å². The molecule has 1 amide bonds. The van der Waals surface area contributed by atoms with E-state index in [0.29, 0.717) is 37.3 Å². The molecule has 2 aliphatic heterocycles. The number of aromatic nitrogens is 1. The van der Waals surface area contributed by atoms with Crippen molar-refractivity contribution in [1.29, 1.82) is 0 Å². The first kappa shape index (κ1) is 21.6. The fourth-order valence-corrected chi connectivity index (χ4v) is 6.05. The van der Waals surface area contributed by atoms with Gasteiger partial charge in [0.1, 0.15) is 5.82 Å². The molecular weight excluding hydrogens is 412 g/mol. The van der Waals surface area contributed by atoms with Crippen LogP contribution in [0.1, 0.15) is 47.5 Å². The van der Waals surface area contributed by atoms with Gasteiger partial charge in [-0.2, -0.15) is 0 Å². The Hall–Kier alpha value is -2.61. The van der Waals surface area contributed by atoms with E-state index < -0.39 is 10.0 Å². The van der Waals surface area contributed by atoms with E-state index in [4.69, 9.17) is 0 Å². The van der Waals surface area contributed by atoms with Crippen LogP contribution in [-0.4, -0.2) is 63.7 Å². The molecule has 166 valence electrons. The van der Waals surface area contributed by atoms with Crippen LogP contribution < -0.4 is 9.21 Å². The van der Waals surface area contributed by atoms with Gasteiger partial charge in [0.25, 0.3) is 5.91 Å². The Morgan fingerprint density at radius 2 is 1.94 bits per heavy atom. The zero-order chi connectivity index (χ0) is 22.0. The predicted octanol–water partition coefficient (Wildman–Crippen LogP) is 3.10. The summed E-state index contributed by atoms with van der Waals surface area (Å²) in [6.45, 7) is 1.84. The number of amides is 1. The van der Waals surface area contributed by atoms with E-state index >= 15 is 0 Å². The molecule has 8 heteroatoms. The van der Waals surface area contributed by atoms with Crippen LogP contribution in [0.15, 0.2) is 42.6 Å². The molecule has 0 N–H and O–H groups in total. The average Bonchev–Trinajstić information content (AvgIpc) is 2.78. The summed E-state index contributed by atoms with van der Waals surface area (Å²) in [7, 11) is 0.640. The van der Waals surface area contributed by atoms with Gasteiger partial charge in [-0.05, 0) is 61.6 Å². The van der Waals surface area contributed by atoms with Crippen molar-refractivity contribution < 1.29 is 13.2 Å². The number of rotatable bonds is 4. The Morgan fingerprint density at radius 1 is 1.10 bits per heavy atom. The molecule has 0 bridgehead atoms. The first-order chi connectivity index (χ1) is 14.8. The minimum atomic E-state index is -3.30. The average molecular weight is 443 g/mol. The summed E-state index contributed by atoms with van der Waals surface area (Å²) < 4.78 is 26.4. The van der Waals surface area contributed by atoms with Gasteiger partial charge in [-0.15, -0.1) is 0 Å². The lowest BCUT2D eigenvalue weighted by atomic mass is 9.90. The molecule has 2 aromatic rings. The van der Waals surface area contributed by atoms with E-state index in [1.165, 1.54) is 9.87 Å². The Bertz CT molecular complexity index is 1050. The number of hydrogen-bond acceptors (Lipinski definition) is 5. The van der Waals surface area contributed by atoms with Crippen molar-refractivity contribution in [2.24, 2.45) is 0 Å². The lowest BCUT2D eigenvalue weighted by Gasteiger charge is -2.34. The van der Waals surface area contributed by atoms with Crippen molar-refractivity contribution in [3.8, 4) is 0 Å². The fraction of sp³-hybridized carbons (Fsp3) is 0.478. The minimum absolute atomic E-state index is 0.0390. The number of anilines is 2. The summed E-state index contributed by atoms with van der Waals surface area (Å²) in [5.74, 6) is 1.31. The summed E-state index contributed by atoms with van der Waals surface area (Å²) in [5.41, 5.74) is 2.33. The van der Waals surface area contributed by atoms with Gasteiger partial charge in [0.2, 0.25) is 10.0 Å². The fourth-order valence-electron chi connectivity index (χ4n) is 4.42.